The van der Waals surface area contributed by atoms with Crippen LogP contribution in [0.4, 0.5) is 0 Å². The fraction of sp³-hybridized carbons (Fsp3) is 0.333. The van der Waals surface area contributed by atoms with E-state index in [4.69, 9.17) is 9.26 Å². The molecule has 5 heteroatoms. The summed E-state index contributed by atoms with van der Waals surface area (Å²) in [5, 5.41) is 3.85. The van der Waals surface area contributed by atoms with Gasteiger partial charge in [-0.05, 0) is 18.2 Å². The molecule has 0 saturated heterocycles. The highest BCUT2D eigenvalue weighted by Gasteiger charge is 2.10. The highest BCUT2D eigenvalue weighted by molar-refractivity contribution is 9.10. The van der Waals surface area contributed by atoms with E-state index >= 15 is 0 Å². The van der Waals surface area contributed by atoms with Crippen LogP contribution in [-0.4, -0.2) is 10.1 Å². The number of hydrogen-bond donors (Lipinski definition) is 0. The van der Waals surface area contributed by atoms with Crippen LogP contribution in [0.1, 0.15) is 31.5 Å². The number of halogens is 1. The Morgan fingerprint density at radius 2 is 2.24 bits per heavy atom. The number of hydrogen-bond acceptors (Lipinski definition) is 4. The van der Waals surface area contributed by atoms with Gasteiger partial charge in [0.05, 0.1) is 0 Å². The second kappa shape index (κ2) is 5.31. The van der Waals surface area contributed by atoms with E-state index in [-0.39, 0.29) is 5.92 Å². The number of aromatic nitrogens is 2. The quantitative estimate of drug-likeness (QED) is 0.866. The van der Waals surface area contributed by atoms with Crippen LogP contribution in [0.2, 0.25) is 0 Å². The lowest BCUT2D eigenvalue weighted by molar-refractivity contribution is 0.284. The number of ether oxygens (including phenoxy) is 1. The Bertz CT molecular complexity index is 497. The van der Waals surface area contributed by atoms with Crippen LogP contribution in [0.15, 0.2) is 33.3 Å². The summed E-state index contributed by atoms with van der Waals surface area (Å²) in [6, 6.07) is 7.63. The lowest BCUT2D eigenvalue weighted by atomic mass is 10.2. The van der Waals surface area contributed by atoms with Crippen LogP contribution in [0.25, 0.3) is 0 Å². The summed E-state index contributed by atoms with van der Waals surface area (Å²) in [6.45, 7) is 4.32. The fourth-order valence-electron chi connectivity index (χ4n) is 1.27. The molecule has 0 saturated carbocycles. The largest absolute Gasteiger partial charge is 0.485 e. The van der Waals surface area contributed by atoms with Gasteiger partial charge in [-0.1, -0.05) is 41.0 Å². The SMILES string of the molecule is CC(C)c1nc(COc2cccc(Br)c2)no1. The molecule has 1 heterocycles. The minimum absolute atomic E-state index is 0.238. The Morgan fingerprint density at radius 3 is 2.88 bits per heavy atom. The third-order valence-corrected chi connectivity index (χ3v) is 2.63. The topological polar surface area (TPSA) is 48.2 Å². The number of nitrogens with zero attached hydrogens (tertiary/aromatic N) is 2. The van der Waals surface area contributed by atoms with Crippen molar-refractivity contribution in [3.63, 3.8) is 0 Å². The van der Waals surface area contributed by atoms with E-state index in [2.05, 4.69) is 26.1 Å². The van der Waals surface area contributed by atoms with E-state index in [0.717, 1.165) is 10.2 Å². The highest BCUT2D eigenvalue weighted by atomic mass is 79.9. The Morgan fingerprint density at radius 1 is 1.41 bits per heavy atom. The summed E-state index contributed by atoms with van der Waals surface area (Å²) in [7, 11) is 0. The van der Waals surface area contributed by atoms with Crippen molar-refractivity contribution in [1.82, 2.24) is 10.1 Å². The Balaban J connectivity index is 1.97. The van der Waals surface area contributed by atoms with Gasteiger partial charge < -0.3 is 9.26 Å². The molecule has 1 aromatic heterocycles. The first kappa shape index (κ1) is 12.1. The molecular formula is C12H13BrN2O2. The van der Waals surface area contributed by atoms with Crippen molar-refractivity contribution in [2.45, 2.75) is 26.4 Å². The predicted octanol–water partition coefficient (Wildman–Crippen LogP) is 3.53. The molecule has 1 aromatic carbocycles. The summed E-state index contributed by atoms with van der Waals surface area (Å²) >= 11 is 3.38. The normalized spacial score (nSPS) is 10.8. The second-order valence-corrected chi connectivity index (χ2v) is 4.87. The van der Waals surface area contributed by atoms with Crippen LogP contribution in [-0.2, 0) is 6.61 Å². The molecule has 0 spiro atoms. The zero-order valence-corrected chi connectivity index (χ0v) is 11.3. The molecule has 0 aliphatic heterocycles. The maximum Gasteiger partial charge on any atom is 0.229 e. The molecule has 17 heavy (non-hydrogen) atoms. The Labute approximate surface area is 108 Å². The van der Waals surface area contributed by atoms with Gasteiger partial charge in [0.25, 0.3) is 0 Å². The minimum atomic E-state index is 0.238. The van der Waals surface area contributed by atoms with E-state index in [9.17, 15) is 0 Å². The van der Waals surface area contributed by atoms with Crippen molar-refractivity contribution < 1.29 is 9.26 Å². The average Bonchev–Trinajstić information content (AvgIpc) is 2.75. The number of rotatable bonds is 4. The third-order valence-electron chi connectivity index (χ3n) is 2.14. The highest BCUT2D eigenvalue weighted by Crippen LogP contribution is 2.19. The van der Waals surface area contributed by atoms with E-state index in [1.165, 1.54) is 0 Å². The molecule has 0 atom stereocenters. The molecule has 0 unspecified atom stereocenters. The molecular weight excluding hydrogens is 284 g/mol. The van der Waals surface area contributed by atoms with Crippen molar-refractivity contribution in [3.05, 3.63) is 40.5 Å². The molecule has 0 fully saturated rings. The van der Waals surface area contributed by atoms with Gasteiger partial charge in [0, 0.05) is 10.4 Å². The molecule has 0 aliphatic rings. The molecule has 0 N–H and O–H groups in total. The summed E-state index contributed by atoms with van der Waals surface area (Å²) < 4.78 is 11.6. The van der Waals surface area contributed by atoms with Gasteiger partial charge in [-0.25, -0.2) is 0 Å². The van der Waals surface area contributed by atoms with Crippen molar-refractivity contribution in [1.29, 1.82) is 0 Å². The first-order valence-electron chi connectivity index (χ1n) is 5.36. The van der Waals surface area contributed by atoms with Crippen LogP contribution >= 0.6 is 15.9 Å². The molecule has 2 rings (SSSR count). The fourth-order valence-corrected chi connectivity index (χ4v) is 1.64. The smallest absolute Gasteiger partial charge is 0.229 e. The minimum Gasteiger partial charge on any atom is -0.485 e. The third kappa shape index (κ3) is 3.30. The summed E-state index contributed by atoms with van der Waals surface area (Å²) in [6.07, 6.45) is 0. The average molecular weight is 297 g/mol. The summed E-state index contributed by atoms with van der Waals surface area (Å²) in [5.41, 5.74) is 0. The van der Waals surface area contributed by atoms with Gasteiger partial charge >= 0.3 is 0 Å². The monoisotopic (exact) mass is 296 g/mol. The number of benzene rings is 1. The van der Waals surface area contributed by atoms with E-state index in [1.807, 2.05) is 38.1 Å². The molecule has 4 nitrogen and oxygen atoms in total. The van der Waals surface area contributed by atoms with Gasteiger partial charge in [0.1, 0.15) is 5.75 Å². The maximum atomic E-state index is 5.55. The summed E-state index contributed by atoms with van der Waals surface area (Å²) in [4.78, 5) is 4.23. The van der Waals surface area contributed by atoms with Gasteiger partial charge in [0.2, 0.25) is 11.7 Å². The van der Waals surface area contributed by atoms with E-state index in [1.54, 1.807) is 0 Å². The van der Waals surface area contributed by atoms with Gasteiger partial charge in [0.15, 0.2) is 6.61 Å². The van der Waals surface area contributed by atoms with Gasteiger partial charge in [-0.3, -0.25) is 0 Å². The Hall–Kier alpha value is -1.36. The second-order valence-electron chi connectivity index (χ2n) is 3.95. The predicted molar refractivity (Wildman–Crippen MR) is 66.9 cm³/mol. The van der Waals surface area contributed by atoms with E-state index in [0.29, 0.717) is 18.3 Å². The van der Waals surface area contributed by atoms with Crippen molar-refractivity contribution in [2.24, 2.45) is 0 Å². The molecule has 0 bridgehead atoms. The standard InChI is InChI=1S/C12H13BrN2O2/c1-8(2)12-14-11(15-17-12)7-16-10-5-3-4-9(13)6-10/h3-6,8H,7H2,1-2H3. The van der Waals surface area contributed by atoms with Crippen molar-refractivity contribution >= 4 is 15.9 Å². The van der Waals surface area contributed by atoms with Crippen LogP contribution < -0.4 is 4.74 Å². The van der Waals surface area contributed by atoms with Gasteiger partial charge in [-0.15, -0.1) is 0 Å². The maximum absolute atomic E-state index is 5.55. The molecule has 0 amide bonds. The van der Waals surface area contributed by atoms with Crippen molar-refractivity contribution in [2.75, 3.05) is 0 Å². The van der Waals surface area contributed by atoms with Crippen molar-refractivity contribution in [3.8, 4) is 5.75 Å². The first-order valence-corrected chi connectivity index (χ1v) is 6.15. The van der Waals surface area contributed by atoms with Crippen LogP contribution in [0.3, 0.4) is 0 Å². The van der Waals surface area contributed by atoms with Gasteiger partial charge in [-0.2, -0.15) is 4.98 Å². The zero-order chi connectivity index (χ0) is 12.3. The lowest BCUT2D eigenvalue weighted by Gasteiger charge is -2.02. The first-order chi connectivity index (χ1) is 8.15. The molecule has 0 aliphatic carbocycles. The zero-order valence-electron chi connectivity index (χ0n) is 9.68. The lowest BCUT2D eigenvalue weighted by Crippen LogP contribution is -1.98. The molecule has 2 aromatic rings. The van der Waals surface area contributed by atoms with Crippen LogP contribution in [0.5, 0.6) is 5.75 Å². The molecule has 0 radical (unpaired) electrons. The van der Waals surface area contributed by atoms with E-state index < -0.39 is 0 Å². The molecule has 90 valence electrons. The van der Waals surface area contributed by atoms with Crippen LogP contribution in [0, 0.1) is 0 Å². The summed E-state index contributed by atoms with van der Waals surface area (Å²) in [5.74, 6) is 2.21. The Kier molecular flexibility index (Phi) is 3.78.